The van der Waals surface area contributed by atoms with Crippen LogP contribution in [0.2, 0.25) is 0 Å². The number of aliphatic hydroxyl groups excluding tert-OH is 1. The minimum atomic E-state index is -4.64. The Labute approximate surface area is 83.9 Å². The highest BCUT2D eigenvalue weighted by Crippen LogP contribution is 2.25. The number of hydrogen-bond acceptors (Lipinski definition) is 6. The molecule has 0 aliphatic rings. The highest BCUT2D eigenvalue weighted by Gasteiger charge is 2.23. The lowest BCUT2D eigenvalue weighted by molar-refractivity contribution is -0.194. The van der Waals surface area contributed by atoms with E-state index in [-0.39, 0.29) is 0 Å². The average Bonchev–Trinajstić information content (AvgIpc) is 1.95. The lowest BCUT2D eigenvalue weighted by Gasteiger charge is -2.00. The van der Waals surface area contributed by atoms with Gasteiger partial charge in [-0.05, 0) is 4.57 Å². The SMILES string of the molecule is O=C(O)C(CO)O[P+](=O)[O-].O=P(O)(O)O. The summed E-state index contributed by atoms with van der Waals surface area (Å²) in [4.78, 5) is 41.2. The molecule has 0 radical (unpaired) electrons. The van der Waals surface area contributed by atoms with Crippen LogP contribution in [0.3, 0.4) is 0 Å². The van der Waals surface area contributed by atoms with Gasteiger partial charge in [0.1, 0.15) is 0 Å². The first-order valence-electron chi connectivity index (χ1n) is 3.01. The standard InChI is InChI=1S/C3H5O6P.H3O4P/c4-1-2(3(5)6)9-10(7)8;1-5(2,3)4/h2,4H,1H2,(H,5,6);(H3,1,2,3,4). The molecule has 5 N–H and O–H groups in total. The molecule has 0 fully saturated rings. The van der Waals surface area contributed by atoms with Crippen LogP contribution in [0.5, 0.6) is 0 Å². The van der Waals surface area contributed by atoms with Gasteiger partial charge in [0.05, 0.1) is 6.61 Å². The molecule has 0 aromatic carbocycles. The van der Waals surface area contributed by atoms with E-state index in [1.807, 2.05) is 0 Å². The van der Waals surface area contributed by atoms with Crippen LogP contribution in [0, 0.1) is 0 Å². The highest BCUT2D eigenvalue weighted by atomic mass is 31.2. The number of carboxylic acid groups (broad SMARTS) is 1. The second-order valence-electron chi connectivity index (χ2n) is 1.85. The fourth-order valence-corrected chi connectivity index (χ4v) is 0.625. The van der Waals surface area contributed by atoms with Crippen molar-refractivity contribution in [2.75, 3.05) is 6.61 Å². The fourth-order valence-electron chi connectivity index (χ4n) is 0.260. The Morgan fingerprint density at radius 3 is 1.87 bits per heavy atom. The highest BCUT2D eigenvalue weighted by molar-refractivity contribution is 7.45. The number of carbonyl (C=O) groups is 1. The number of rotatable bonds is 4. The number of phosphoric acid groups is 1. The summed E-state index contributed by atoms with van der Waals surface area (Å²) in [6.07, 6.45) is -1.68. The zero-order valence-corrected chi connectivity index (χ0v) is 8.75. The summed E-state index contributed by atoms with van der Waals surface area (Å²) in [6.45, 7) is -0.862. The molecule has 0 saturated carbocycles. The Balaban J connectivity index is 0. The van der Waals surface area contributed by atoms with Crippen LogP contribution >= 0.6 is 16.1 Å². The van der Waals surface area contributed by atoms with Gasteiger partial charge in [0.25, 0.3) is 0 Å². The Morgan fingerprint density at radius 2 is 1.80 bits per heavy atom. The van der Waals surface area contributed by atoms with Crippen molar-refractivity contribution in [2.45, 2.75) is 6.10 Å². The Hall–Kier alpha value is -0.440. The largest absolute Gasteiger partial charge is 0.566 e. The first-order valence-corrected chi connectivity index (χ1v) is 5.67. The second kappa shape index (κ2) is 7.80. The molecule has 0 rings (SSSR count). The summed E-state index contributed by atoms with van der Waals surface area (Å²) in [5.74, 6) is -1.51. The van der Waals surface area contributed by atoms with E-state index in [2.05, 4.69) is 4.52 Å². The molecule has 15 heavy (non-hydrogen) atoms. The van der Waals surface area contributed by atoms with Crippen molar-refractivity contribution in [1.82, 2.24) is 0 Å². The first kappa shape index (κ1) is 17.0. The van der Waals surface area contributed by atoms with Crippen LogP contribution in [0.15, 0.2) is 0 Å². The third-order valence-electron chi connectivity index (χ3n) is 0.655. The van der Waals surface area contributed by atoms with Crippen LogP contribution in [0.25, 0.3) is 0 Å². The van der Waals surface area contributed by atoms with Crippen molar-refractivity contribution in [3.8, 4) is 0 Å². The molecule has 0 amide bonds. The zero-order chi connectivity index (χ0) is 12.6. The van der Waals surface area contributed by atoms with Crippen molar-refractivity contribution >= 4 is 22.0 Å². The number of aliphatic hydroxyl groups is 1. The lowest BCUT2D eigenvalue weighted by Crippen LogP contribution is -2.26. The van der Waals surface area contributed by atoms with Crippen molar-refractivity contribution in [1.29, 1.82) is 0 Å². The van der Waals surface area contributed by atoms with E-state index >= 15 is 0 Å². The molecular formula is C3H8O10P2. The van der Waals surface area contributed by atoms with Crippen LogP contribution < -0.4 is 4.89 Å². The van der Waals surface area contributed by atoms with E-state index in [0.717, 1.165) is 0 Å². The number of carboxylic acids is 1. The van der Waals surface area contributed by atoms with E-state index in [0.29, 0.717) is 0 Å². The molecule has 2 unspecified atom stereocenters. The summed E-state index contributed by atoms with van der Waals surface area (Å²) in [6, 6.07) is 0. The molecule has 12 heteroatoms. The normalized spacial score (nSPS) is 13.5. The van der Waals surface area contributed by atoms with Gasteiger partial charge in [0.15, 0.2) is 0 Å². The molecule has 0 heterocycles. The molecule has 0 spiro atoms. The first-order chi connectivity index (χ1) is 6.57. The third-order valence-corrected chi connectivity index (χ3v) is 1.08. The number of aliphatic carboxylic acids is 1. The predicted octanol–water partition coefficient (Wildman–Crippen LogP) is -2.46. The predicted molar refractivity (Wildman–Crippen MR) is 41.5 cm³/mol. The quantitative estimate of drug-likeness (QED) is 0.341. The van der Waals surface area contributed by atoms with E-state index in [1.54, 1.807) is 0 Å². The summed E-state index contributed by atoms with van der Waals surface area (Å²) < 4.78 is 22.4. The minimum Gasteiger partial charge on any atom is -0.566 e. The molecule has 0 aromatic rings. The lowest BCUT2D eigenvalue weighted by atomic mass is 10.4. The van der Waals surface area contributed by atoms with Crippen molar-refractivity contribution in [3.63, 3.8) is 0 Å². The Kier molecular flexibility index (Phi) is 8.83. The molecule has 0 saturated heterocycles. The second-order valence-corrected chi connectivity index (χ2v) is 3.54. The number of hydrogen-bond donors (Lipinski definition) is 5. The van der Waals surface area contributed by atoms with Crippen LogP contribution in [-0.4, -0.2) is 43.6 Å². The van der Waals surface area contributed by atoms with Gasteiger partial charge >= 0.3 is 22.0 Å². The smallest absolute Gasteiger partial charge is 0.489 e. The van der Waals surface area contributed by atoms with Gasteiger partial charge in [-0.2, -0.15) is 0 Å². The van der Waals surface area contributed by atoms with Gasteiger partial charge in [-0.25, -0.2) is 9.36 Å². The van der Waals surface area contributed by atoms with Gasteiger partial charge in [-0.15, -0.1) is 4.52 Å². The maximum Gasteiger partial charge on any atom is 0.489 e. The molecule has 10 nitrogen and oxygen atoms in total. The van der Waals surface area contributed by atoms with Gasteiger partial charge < -0.3 is 29.8 Å². The minimum absolute atomic E-state index is 0.862. The average molecular weight is 266 g/mol. The third kappa shape index (κ3) is 19.8. The van der Waals surface area contributed by atoms with Crippen molar-refractivity contribution in [2.24, 2.45) is 0 Å². The van der Waals surface area contributed by atoms with Gasteiger partial charge in [0, 0.05) is 0 Å². The fraction of sp³-hybridized carbons (Fsp3) is 0.667. The van der Waals surface area contributed by atoms with Gasteiger partial charge in [-0.1, -0.05) is 0 Å². The molecule has 2 atom stereocenters. The van der Waals surface area contributed by atoms with E-state index < -0.39 is 34.8 Å². The summed E-state index contributed by atoms with van der Waals surface area (Å²) in [7, 11) is -7.86. The van der Waals surface area contributed by atoms with Gasteiger partial charge in [0.2, 0.25) is 6.10 Å². The van der Waals surface area contributed by atoms with Crippen LogP contribution in [-0.2, 0) is 18.4 Å². The van der Waals surface area contributed by atoms with Crippen molar-refractivity contribution < 1.29 is 48.2 Å². The van der Waals surface area contributed by atoms with Crippen LogP contribution in [0.4, 0.5) is 0 Å². The van der Waals surface area contributed by atoms with Crippen molar-refractivity contribution in [3.05, 3.63) is 0 Å². The van der Waals surface area contributed by atoms with E-state index in [9.17, 15) is 14.3 Å². The van der Waals surface area contributed by atoms with E-state index in [4.69, 9.17) is 29.5 Å². The Morgan fingerprint density at radius 1 is 1.47 bits per heavy atom. The summed E-state index contributed by atoms with van der Waals surface area (Å²) >= 11 is 0. The molecule has 90 valence electrons. The zero-order valence-electron chi connectivity index (χ0n) is 6.96. The molecule has 0 aliphatic carbocycles. The topological polar surface area (TPSA) is 185 Å². The summed E-state index contributed by atoms with van der Waals surface area (Å²) in [5, 5.41) is 16.2. The van der Waals surface area contributed by atoms with Gasteiger partial charge in [-0.3, -0.25) is 0 Å². The monoisotopic (exact) mass is 266 g/mol. The van der Waals surface area contributed by atoms with E-state index in [1.165, 1.54) is 0 Å². The molecular weight excluding hydrogens is 258 g/mol. The molecule has 0 aliphatic heterocycles. The maximum atomic E-state index is 9.91. The maximum absolute atomic E-state index is 9.91. The van der Waals surface area contributed by atoms with Crippen LogP contribution in [0.1, 0.15) is 0 Å². The molecule has 0 bridgehead atoms. The Bertz CT molecular complexity index is 247. The summed E-state index contributed by atoms with van der Waals surface area (Å²) in [5.41, 5.74) is 0. The molecule has 0 aromatic heterocycles.